The monoisotopic (exact) mass is 315 g/mol. The summed E-state index contributed by atoms with van der Waals surface area (Å²) in [7, 11) is 0. The van der Waals surface area contributed by atoms with Gasteiger partial charge < -0.3 is 5.11 Å². The van der Waals surface area contributed by atoms with E-state index in [1.54, 1.807) is 6.92 Å². The Morgan fingerprint density at radius 3 is 2.67 bits per heavy atom. The van der Waals surface area contributed by atoms with Crippen molar-refractivity contribution in [1.29, 1.82) is 0 Å². The molecule has 21 heavy (non-hydrogen) atoms. The Morgan fingerprint density at radius 1 is 1.48 bits per heavy atom. The molecule has 0 bridgehead atoms. The summed E-state index contributed by atoms with van der Waals surface area (Å²) < 4.78 is 26.1. The molecular weight excluding hydrogens is 296 g/mol. The molecule has 116 valence electrons. The minimum absolute atomic E-state index is 0.0396. The average Bonchev–Trinajstić information content (AvgIpc) is 3.17. The summed E-state index contributed by atoms with van der Waals surface area (Å²) in [4.78, 5) is 12.1. The van der Waals surface area contributed by atoms with Gasteiger partial charge in [0.15, 0.2) is 11.6 Å². The van der Waals surface area contributed by atoms with E-state index in [2.05, 4.69) is 5.32 Å². The van der Waals surface area contributed by atoms with Crippen LogP contribution in [0.4, 0.5) is 8.78 Å². The minimum atomic E-state index is -0.994. The lowest BCUT2D eigenvalue weighted by atomic mass is 9.96. The number of benzene rings is 1. The summed E-state index contributed by atoms with van der Waals surface area (Å²) in [5.41, 5.74) is -0.994. The number of thioether (sulfide) groups is 1. The zero-order valence-corrected chi connectivity index (χ0v) is 12.8. The molecule has 2 N–H and O–H groups in total. The van der Waals surface area contributed by atoms with E-state index in [0.717, 1.165) is 25.0 Å². The van der Waals surface area contributed by atoms with Crippen LogP contribution in [-0.2, 0) is 4.79 Å². The van der Waals surface area contributed by atoms with Gasteiger partial charge in [0.05, 0.1) is 0 Å². The SMILES string of the molecule is CC(CC(C)(NC1CC1)C(=O)O)Sc1ccc(F)c(F)c1. The van der Waals surface area contributed by atoms with Crippen molar-refractivity contribution in [3.05, 3.63) is 29.8 Å². The van der Waals surface area contributed by atoms with E-state index in [1.165, 1.54) is 17.8 Å². The first-order valence-corrected chi connectivity index (χ1v) is 7.81. The maximum absolute atomic E-state index is 13.2. The van der Waals surface area contributed by atoms with E-state index in [1.807, 2.05) is 6.92 Å². The van der Waals surface area contributed by atoms with Crippen LogP contribution in [0.2, 0.25) is 0 Å². The van der Waals surface area contributed by atoms with Crippen molar-refractivity contribution >= 4 is 17.7 Å². The Morgan fingerprint density at radius 2 is 2.14 bits per heavy atom. The van der Waals surface area contributed by atoms with E-state index in [-0.39, 0.29) is 11.3 Å². The maximum atomic E-state index is 13.2. The van der Waals surface area contributed by atoms with Crippen molar-refractivity contribution in [2.24, 2.45) is 0 Å². The molecule has 0 spiro atoms. The normalized spacial score (nSPS) is 19.0. The maximum Gasteiger partial charge on any atom is 0.323 e. The molecule has 0 amide bonds. The Balaban J connectivity index is 1.99. The molecule has 1 aromatic carbocycles. The second-order valence-corrected chi connectivity index (χ2v) is 7.28. The van der Waals surface area contributed by atoms with Crippen molar-refractivity contribution in [2.45, 2.75) is 54.8 Å². The minimum Gasteiger partial charge on any atom is -0.480 e. The fourth-order valence-corrected chi connectivity index (χ4v) is 3.48. The molecule has 0 saturated heterocycles. The predicted molar refractivity (Wildman–Crippen MR) is 78.5 cm³/mol. The largest absolute Gasteiger partial charge is 0.480 e. The van der Waals surface area contributed by atoms with E-state index >= 15 is 0 Å². The summed E-state index contributed by atoms with van der Waals surface area (Å²) in [6.45, 7) is 3.57. The van der Waals surface area contributed by atoms with Gasteiger partial charge in [-0.2, -0.15) is 0 Å². The molecule has 1 fully saturated rings. The molecule has 6 heteroatoms. The topological polar surface area (TPSA) is 49.3 Å². The molecule has 0 aromatic heterocycles. The van der Waals surface area contributed by atoms with Crippen LogP contribution in [-0.4, -0.2) is 27.9 Å². The van der Waals surface area contributed by atoms with E-state index < -0.39 is 23.1 Å². The van der Waals surface area contributed by atoms with Crippen LogP contribution in [0.1, 0.15) is 33.1 Å². The summed E-state index contributed by atoms with van der Waals surface area (Å²) in [6, 6.07) is 4.02. The standard InChI is InChI=1S/C15H19F2NO2S/c1-9(21-11-5-6-12(16)13(17)7-11)8-15(2,14(19)20)18-10-3-4-10/h5-7,9-10,18H,3-4,8H2,1-2H3,(H,19,20). The van der Waals surface area contributed by atoms with E-state index in [4.69, 9.17) is 0 Å². The lowest BCUT2D eigenvalue weighted by Crippen LogP contribution is -2.51. The molecule has 0 aliphatic heterocycles. The zero-order valence-electron chi connectivity index (χ0n) is 12.0. The van der Waals surface area contributed by atoms with E-state index in [0.29, 0.717) is 11.3 Å². The number of nitrogens with one attached hydrogen (secondary N) is 1. The first-order chi connectivity index (χ1) is 9.80. The van der Waals surface area contributed by atoms with Crippen molar-refractivity contribution < 1.29 is 18.7 Å². The number of halogens is 2. The number of carbonyl (C=O) groups is 1. The second kappa shape index (κ2) is 6.32. The van der Waals surface area contributed by atoms with Crippen molar-refractivity contribution in [3.63, 3.8) is 0 Å². The molecule has 1 aliphatic rings. The van der Waals surface area contributed by atoms with Crippen LogP contribution in [0, 0.1) is 11.6 Å². The Hall–Kier alpha value is -1.14. The molecule has 0 radical (unpaired) electrons. The van der Waals surface area contributed by atoms with Crippen LogP contribution in [0.25, 0.3) is 0 Å². The smallest absolute Gasteiger partial charge is 0.323 e. The third-order valence-electron chi connectivity index (χ3n) is 3.50. The Bertz CT molecular complexity index is 536. The number of aliphatic carboxylic acids is 1. The first kappa shape index (κ1) is 16.2. The van der Waals surface area contributed by atoms with Gasteiger partial charge in [-0.15, -0.1) is 11.8 Å². The van der Waals surface area contributed by atoms with Crippen LogP contribution in [0.3, 0.4) is 0 Å². The molecular formula is C15H19F2NO2S. The fourth-order valence-electron chi connectivity index (χ4n) is 2.29. The molecule has 1 saturated carbocycles. The highest BCUT2D eigenvalue weighted by atomic mass is 32.2. The van der Waals surface area contributed by atoms with Gasteiger partial charge in [-0.25, -0.2) is 8.78 Å². The van der Waals surface area contributed by atoms with Gasteiger partial charge in [-0.1, -0.05) is 6.92 Å². The van der Waals surface area contributed by atoms with Gasteiger partial charge in [0, 0.05) is 16.2 Å². The summed E-state index contributed by atoms with van der Waals surface area (Å²) in [5.74, 6) is -2.64. The predicted octanol–water partition coefficient (Wildman–Crippen LogP) is 3.43. The lowest BCUT2D eigenvalue weighted by molar-refractivity contribution is -0.144. The van der Waals surface area contributed by atoms with E-state index in [9.17, 15) is 18.7 Å². The number of carboxylic acid groups (broad SMARTS) is 1. The fraction of sp³-hybridized carbons (Fsp3) is 0.533. The number of hydrogen-bond donors (Lipinski definition) is 2. The second-order valence-electron chi connectivity index (χ2n) is 5.76. The van der Waals surface area contributed by atoms with Crippen molar-refractivity contribution in [3.8, 4) is 0 Å². The molecule has 2 rings (SSSR count). The van der Waals surface area contributed by atoms with Crippen LogP contribution in [0.5, 0.6) is 0 Å². The third-order valence-corrected chi connectivity index (χ3v) is 4.59. The molecule has 1 aliphatic carbocycles. The first-order valence-electron chi connectivity index (χ1n) is 6.93. The van der Waals surface area contributed by atoms with Crippen LogP contribution >= 0.6 is 11.8 Å². The quantitative estimate of drug-likeness (QED) is 0.757. The number of rotatable bonds is 7. The Labute approximate surface area is 127 Å². The van der Waals surface area contributed by atoms with Gasteiger partial charge in [-0.05, 0) is 44.4 Å². The van der Waals surface area contributed by atoms with Crippen LogP contribution < -0.4 is 5.32 Å². The summed E-state index contributed by atoms with van der Waals surface area (Å²) in [6.07, 6.45) is 2.42. The molecule has 0 heterocycles. The van der Waals surface area contributed by atoms with Gasteiger partial charge in [0.25, 0.3) is 0 Å². The molecule has 2 unspecified atom stereocenters. The van der Waals surface area contributed by atoms with Gasteiger partial charge in [0.2, 0.25) is 0 Å². The van der Waals surface area contributed by atoms with Gasteiger partial charge in [0.1, 0.15) is 5.54 Å². The molecule has 3 nitrogen and oxygen atoms in total. The molecule has 2 atom stereocenters. The highest BCUT2D eigenvalue weighted by molar-refractivity contribution is 7.99. The van der Waals surface area contributed by atoms with Crippen molar-refractivity contribution in [1.82, 2.24) is 5.32 Å². The van der Waals surface area contributed by atoms with Gasteiger partial charge >= 0.3 is 5.97 Å². The number of hydrogen-bond acceptors (Lipinski definition) is 3. The summed E-state index contributed by atoms with van der Waals surface area (Å²) >= 11 is 1.35. The van der Waals surface area contributed by atoms with Crippen molar-refractivity contribution in [2.75, 3.05) is 0 Å². The highest BCUT2D eigenvalue weighted by Crippen LogP contribution is 2.32. The van der Waals surface area contributed by atoms with Gasteiger partial charge in [-0.3, -0.25) is 10.1 Å². The zero-order chi connectivity index (χ0) is 15.6. The Kier molecular flexibility index (Phi) is 4.88. The third kappa shape index (κ3) is 4.41. The average molecular weight is 315 g/mol. The summed E-state index contributed by atoms with van der Waals surface area (Å²) in [5, 5.41) is 12.5. The highest BCUT2D eigenvalue weighted by Gasteiger charge is 2.39. The molecule has 1 aromatic rings. The lowest BCUT2D eigenvalue weighted by Gasteiger charge is -2.29. The van der Waals surface area contributed by atoms with Crippen LogP contribution in [0.15, 0.2) is 23.1 Å². The number of carboxylic acids is 1.